The number of halogens is 3. The molecule has 1 rings (SSSR count). The highest BCUT2D eigenvalue weighted by molar-refractivity contribution is 6.35. The Morgan fingerprint density at radius 3 is 2.33 bits per heavy atom. The van der Waals surface area contributed by atoms with Crippen LogP contribution in [-0.2, 0) is 6.42 Å². The average Bonchev–Trinajstić information content (AvgIpc) is 2.20. The molecule has 2 N–H and O–H groups in total. The maximum atomic E-state index is 9.54. The molecule has 0 heterocycles. The first-order chi connectivity index (χ1) is 7.04. The van der Waals surface area contributed by atoms with E-state index in [9.17, 15) is 10.2 Å². The van der Waals surface area contributed by atoms with Crippen LogP contribution in [0.3, 0.4) is 0 Å². The number of aliphatic hydroxyl groups is 2. The van der Waals surface area contributed by atoms with Gasteiger partial charge in [-0.1, -0.05) is 29.3 Å². The van der Waals surface area contributed by atoms with Gasteiger partial charge in [0.25, 0.3) is 0 Å². The van der Waals surface area contributed by atoms with Crippen molar-refractivity contribution in [3.05, 3.63) is 33.8 Å². The normalized spacial score (nSPS) is 15.0. The molecule has 2 nitrogen and oxygen atoms in total. The first kappa shape index (κ1) is 13.1. The van der Waals surface area contributed by atoms with Gasteiger partial charge < -0.3 is 10.2 Å². The predicted octanol–water partition coefficient (Wildman–Crippen LogP) is 2.50. The van der Waals surface area contributed by atoms with Crippen molar-refractivity contribution in [2.75, 3.05) is 5.88 Å². The van der Waals surface area contributed by atoms with Crippen LogP contribution in [0.4, 0.5) is 0 Å². The van der Waals surface area contributed by atoms with Crippen LogP contribution >= 0.6 is 34.8 Å². The Hall–Kier alpha value is 0.01000. The topological polar surface area (TPSA) is 40.5 Å². The van der Waals surface area contributed by atoms with Gasteiger partial charge in [0.2, 0.25) is 0 Å². The van der Waals surface area contributed by atoms with E-state index in [2.05, 4.69) is 0 Å². The summed E-state index contributed by atoms with van der Waals surface area (Å²) in [5, 5.41) is 19.8. The number of hydrogen-bond donors (Lipinski definition) is 2. The Balaban J connectivity index is 2.72. The highest BCUT2D eigenvalue weighted by Crippen LogP contribution is 2.22. The zero-order chi connectivity index (χ0) is 11.4. The lowest BCUT2D eigenvalue weighted by Gasteiger charge is -2.15. The Bertz CT molecular complexity index is 330. The van der Waals surface area contributed by atoms with Crippen molar-refractivity contribution in [3.63, 3.8) is 0 Å². The Labute approximate surface area is 103 Å². The number of aliphatic hydroxyl groups excluding tert-OH is 2. The standard InChI is InChI=1S/C10H11Cl3O2/c11-5-10(15)9(14)3-6-1-2-7(12)4-8(6)13/h1-2,4,9-10,14-15H,3,5H2. The minimum atomic E-state index is -0.946. The van der Waals surface area contributed by atoms with Crippen LogP contribution in [0, 0.1) is 0 Å². The van der Waals surface area contributed by atoms with Gasteiger partial charge in [-0.25, -0.2) is 0 Å². The van der Waals surface area contributed by atoms with Crippen LogP contribution in [0.25, 0.3) is 0 Å². The molecule has 0 aliphatic carbocycles. The summed E-state index contributed by atoms with van der Waals surface area (Å²) < 4.78 is 0. The van der Waals surface area contributed by atoms with Crippen molar-refractivity contribution >= 4 is 34.8 Å². The average molecular weight is 270 g/mol. The van der Waals surface area contributed by atoms with Gasteiger partial charge in [-0.15, -0.1) is 11.6 Å². The molecule has 0 amide bonds. The van der Waals surface area contributed by atoms with Crippen LogP contribution in [0.1, 0.15) is 5.56 Å². The smallest absolute Gasteiger partial charge is 0.0937 e. The van der Waals surface area contributed by atoms with Crippen molar-refractivity contribution in [1.29, 1.82) is 0 Å². The molecule has 5 heteroatoms. The molecule has 0 saturated heterocycles. The summed E-state index contributed by atoms with van der Waals surface area (Å²) in [6.07, 6.45) is -1.61. The fourth-order valence-electron chi connectivity index (χ4n) is 1.15. The van der Waals surface area contributed by atoms with Gasteiger partial charge in [0, 0.05) is 16.5 Å². The van der Waals surface area contributed by atoms with E-state index in [1.54, 1.807) is 18.2 Å². The van der Waals surface area contributed by atoms with E-state index >= 15 is 0 Å². The van der Waals surface area contributed by atoms with Gasteiger partial charge in [0.1, 0.15) is 0 Å². The Kier molecular flexibility index (Phi) is 5.16. The second kappa shape index (κ2) is 5.92. The maximum absolute atomic E-state index is 9.54. The zero-order valence-corrected chi connectivity index (χ0v) is 10.1. The minimum absolute atomic E-state index is 0.00756. The lowest BCUT2D eigenvalue weighted by atomic mass is 10.0. The second-order valence-electron chi connectivity index (χ2n) is 3.23. The van der Waals surface area contributed by atoms with Crippen LogP contribution < -0.4 is 0 Å². The molecule has 0 saturated carbocycles. The third-order valence-corrected chi connectivity index (χ3v) is 2.95. The van der Waals surface area contributed by atoms with Crippen LogP contribution in [0.2, 0.25) is 10.0 Å². The third kappa shape index (κ3) is 3.82. The van der Waals surface area contributed by atoms with Gasteiger partial charge in [-0.3, -0.25) is 0 Å². The number of benzene rings is 1. The van der Waals surface area contributed by atoms with Crippen molar-refractivity contribution in [3.8, 4) is 0 Å². The summed E-state index contributed by atoms with van der Waals surface area (Å²) in [5.41, 5.74) is 0.734. The van der Waals surface area contributed by atoms with E-state index in [1.807, 2.05) is 0 Å². The number of alkyl halides is 1. The van der Waals surface area contributed by atoms with Gasteiger partial charge in [-0.2, -0.15) is 0 Å². The molecule has 0 radical (unpaired) electrons. The minimum Gasteiger partial charge on any atom is -0.390 e. The molecular weight excluding hydrogens is 258 g/mol. The molecular formula is C10H11Cl3O2. The van der Waals surface area contributed by atoms with Gasteiger partial charge in [0.15, 0.2) is 0 Å². The number of rotatable bonds is 4. The quantitative estimate of drug-likeness (QED) is 0.825. The molecule has 0 fully saturated rings. The van der Waals surface area contributed by atoms with Crippen LogP contribution in [-0.4, -0.2) is 28.3 Å². The van der Waals surface area contributed by atoms with E-state index in [0.29, 0.717) is 10.0 Å². The fraction of sp³-hybridized carbons (Fsp3) is 0.400. The second-order valence-corrected chi connectivity index (χ2v) is 4.38. The third-order valence-electron chi connectivity index (χ3n) is 2.05. The van der Waals surface area contributed by atoms with Gasteiger partial charge >= 0.3 is 0 Å². The molecule has 0 aliphatic heterocycles. The summed E-state index contributed by atoms with van der Waals surface area (Å²) in [7, 11) is 0. The van der Waals surface area contributed by atoms with E-state index in [4.69, 9.17) is 34.8 Å². The number of hydrogen-bond acceptors (Lipinski definition) is 2. The van der Waals surface area contributed by atoms with Gasteiger partial charge in [0.05, 0.1) is 18.1 Å². The van der Waals surface area contributed by atoms with E-state index in [-0.39, 0.29) is 12.3 Å². The van der Waals surface area contributed by atoms with Crippen molar-refractivity contribution in [1.82, 2.24) is 0 Å². The molecule has 0 aliphatic rings. The monoisotopic (exact) mass is 268 g/mol. The molecule has 0 aromatic heterocycles. The summed E-state index contributed by atoms with van der Waals surface area (Å²) in [6, 6.07) is 5.00. The largest absolute Gasteiger partial charge is 0.390 e. The van der Waals surface area contributed by atoms with E-state index in [1.165, 1.54) is 0 Å². The summed E-state index contributed by atoms with van der Waals surface area (Å²) in [6.45, 7) is 0. The molecule has 0 spiro atoms. The molecule has 15 heavy (non-hydrogen) atoms. The molecule has 1 aromatic carbocycles. The van der Waals surface area contributed by atoms with Gasteiger partial charge in [-0.05, 0) is 17.7 Å². The Morgan fingerprint density at radius 2 is 1.80 bits per heavy atom. The maximum Gasteiger partial charge on any atom is 0.0937 e. The predicted molar refractivity (Wildman–Crippen MR) is 62.9 cm³/mol. The highest BCUT2D eigenvalue weighted by Gasteiger charge is 2.16. The van der Waals surface area contributed by atoms with Crippen LogP contribution in [0.5, 0.6) is 0 Å². The van der Waals surface area contributed by atoms with Crippen molar-refractivity contribution in [2.45, 2.75) is 18.6 Å². The summed E-state index contributed by atoms with van der Waals surface area (Å²) in [5.74, 6) is -0.00756. The molecule has 2 atom stereocenters. The van der Waals surface area contributed by atoms with E-state index in [0.717, 1.165) is 5.56 Å². The fourth-order valence-corrected chi connectivity index (χ4v) is 1.84. The zero-order valence-electron chi connectivity index (χ0n) is 7.83. The summed E-state index contributed by atoms with van der Waals surface area (Å²) in [4.78, 5) is 0. The molecule has 0 bridgehead atoms. The van der Waals surface area contributed by atoms with Crippen molar-refractivity contribution < 1.29 is 10.2 Å². The van der Waals surface area contributed by atoms with Crippen LogP contribution in [0.15, 0.2) is 18.2 Å². The molecule has 84 valence electrons. The highest BCUT2D eigenvalue weighted by atomic mass is 35.5. The van der Waals surface area contributed by atoms with E-state index < -0.39 is 12.2 Å². The van der Waals surface area contributed by atoms with Crippen molar-refractivity contribution in [2.24, 2.45) is 0 Å². The first-order valence-corrected chi connectivity index (χ1v) is 5.69. The molecule has 1 aromatic rings. The summed E-state index contributed by atoms with van der Waals surface area (Å²) >= 11 is 17.1. The first-order valence-electron chi connectivity index (χ1n) is 4.40. The lowest BCUT2D eigenvalue weighted by molar-refractivity contribution is 0.0341. The SMILES string of the molecule is OC(CCl)C(O)Cc1ccc(Cl)cc1Cl. The molecule has 2 unspecified atom stereocenters. The Morgan fingerprint density at radius 1 is 1.13 bits per heavy atom. The lowest BCUT2D eigenvalue weighted by Crippen LogP contribution is -2.29.